The van der Waals surface area contributed by atoms with Gasteiger partial charge in [-0.1, -0.05) is 84.0 Å². The topological polar surface area (TPSA) is 94.8 Å². The molecule has 0 bridgehead atoms. The SMILES string of the molecule is CCCCCCCC(O)C(C(=O)O)C(=O)CCCCCCCCCCCO. The summed E-state index contributed by atoms with van der Waals surface area (Å²) >= 11 is 0. The van der Waals surface area contributed by atoms with Gasteiger partial charge in [0, 0.05) is 13.0 Å². The molecule has 0 aliphatic rings. The van der Waals surface area contributed by atoms with Crippen LogP contribution in [0.15, 0.2) is 0 Å². The molecule has 0 aromatic carbocycles. The van der Waals surface area contributed by atoms with E-state index < -0.39 is 18.0 Å². The number of Topliss-reactive ketones (excluding diaryl/α,β-unsaturated/α-hetero) is 1. The number of ketones is 1. The van der Waals surface area contributed by atoms with Crippen LogP contribution in [0, 0.1) is 5.92 Å². The first-order valence-corrected chi connectivity index (χ1v) is 11.1. The summed E-state index contributed by atoms with van der Waals surface area (Å²) in [5, 5.41) is 28.2. The van der Waals surface area contributed by atoms with Gasteiger partial charge in [-0.3, -0.25) is 9.59 Å². The molecular formula is C22H42O5. The highest BCUT2D eigenvalue weighted by Crippen LogP contribution is 2.18. The predicted octanol–water partition coefficient (Wildman–Crippen LogP) is 4.87. The molecule has 0 aliphatic carbocycles. The largest absolute Gasteiger partial charge is 0.481 e. The lowest BCUT2D eigenvalue weighted by Crippen LogP contribution is -2.35. The molecule has 160 valence electrons. The monoisotopic (exact) mass is 386 g/mol. The lowest BCUT2D eigenvalue weighted by molar-refractivity contribution is -0.151. The first kappa shape index (κ1) is 26.1. The molecule has 5 heteroatoms. The lowest BCUT2D eigenvalue weighted by atomic mass is 9.90. The molecule has 0 spiro atoms. The summed E-state index contributed by atoms with van der Waals surface area (Å²) in [5.74, 6) is -2.78. The van der Waals surface area contributed by atoms with Crippen LogP contribution in [-0.4, -0.2) is 39.8 Å². The van der Waals surface area contributed by atoms with Gasteiger partial charge >= 0.3 is 5.97 Å². The van der Waals surface area contributed by atoms with Gasteiger partial charge in [0.2, 0.25) is 0 Å². The summed E-state index contributed by atoms with van der Waals surface area (Å²) in [7, 11) is 0. The Morgan fingerprint density at radius 2 is 1.22 bits per heavy atom. The Morgan fingerprint density at radius 3 is 1.74 bits per heavy atom. The van der Waals surface area contributed by atoms with Crippen LogP contribution in [0.2, 0.25) is 0 Å². The number of rotatable bonds is 20. The molecular weight excluding hydrogens is 344 g/mol. The number of aliphatic hydroxyl groups excluding tert-OH is 2. The summed E-state index contributed by atoms with van der Waals surface area (Å²) in [4.78, 5) is 23.6. The second kappa shape index (κ2) is 18.4. The van der Waals surface area contributed by atoms with Gasteiger partial charge in [-0.2, -0.15) is 0 Å². The van der Waals surface area contributed by atoms with Gasteiger partial charge in [0.15, 0.2) is 0 Å². The Labute approximate surface area is 165 Å². The maximum atomic E-state index is 12.2. The number of carboxylic acids is 1. The number of carbonyl (C=O) groups excluding carboxylic acids is 1. The standard InChI is InChI=1S/C22H42O5/c1-2-3-4-10-13-16-19(24)21(22(26)27)20(25)17-14-11-8-6-5-7-9-12-15-18-23/h19,21,23-24H,2-18H2,1H3,(H,26,27). The van der Waals surface area contributed by atoms with E-state index in [2.05, 4.69) is 6.92 Å². The predicted molar refractivity (Wildman–Crippen MR) is 109 cm³/mol. The Balaban J connectivity index is 3.87. The normalized spacial score (nSPS) is 13.4. The maximum Gasteiger partial charge on any atom is 0.316 e. The highest BCUT2D eigenvalue weighted by molar-refractivity contribution is 5.98. The number of aliphatic hydroxyl groups is 2. The Kier molecular flexibility index (Phi) is 17.8. The number of aliphatic carboxylic acids is 1. The minimum Gasteiger partial charge on any atom is -0.481 e. The molecule has 0 amide bonds. The Hall–Kier alpha value is -0.940. The number of carboxylic acid groups (broad SMARTS) is 1. The van der Waals surface area contributed by atoms with E-state index in [0.717, 1.165) is 70.6 Å². The average Bonchev–Trinajstić information content (AvgIpc) is 2.63. The van der Waals surface area contributed by atoms with Crippen LogP contribution in [0.5, 0.6) is 0 Å². The zero-order valence-corrected chi connectivity index (χ0v) is 17.3. The third kappa shape index (κ3) is 14.7. The molecule has 0 aliphatic heterocycles. The van der Waals surface area contributed by atoms with E-state index in [9.17, 15) is 19.8 Å². The fourth-order valence-electron chi connectivity index (χ4n) is 3.44. The van der Waals surface area contributed by atoms with E-state index in [4.69, 9.17) is 5.11 Å². The van der Waals surface area contributed by atoms with E-state index in [0.29, 0.717) is 12.8 Å². The molecule has 0 aromatic rings. The van der Waals surface area contributed by atoms with Crippen molar-refractivity contribution < 1.29 is 24.9 Å². The Bertz CT molecular complexity index is 370. The van der Waals surface area contributed by atoms with Crippen molar-refractivity contribution in [1.29, 1.82) is 0 Å². The van der Waals surface area contributed by atoms with Gasteiger partial charge < -0.3 is 15.3 Å². The Morgan fingerprint density at radius 1 is 0.741 bits per heavy atom. The van der Waals surface area contributed by atoms with Crippen LogP contribution in [0.25, 0.3) is 0 Å². The first-order valence-electron chi connectivity index (χ1n) is 11.1. The van der Waals surface area contributed by atoms with Crippen molar-refractivity contribution in [2.24, 2.45) is 5.92 Å². The van der Waals surface area contributed by atoms with Crippen molar-refractivity contribution in [3.8, 4) is 0 Å². The second-order valence-electron chi connectivity index (χ2n) is 7.71. The fourth-order valence-corrected chi connectivity index (χ4v) is 3.44. The lowest BCUT2D eigenvalue weighted by Gasteiger charge is -2.18. The van der Waals surface area contributed by atoms with E-state index in [1.165, 1.54) is 12.8 Å². The first-order chi connectivity index (χ1) is 13.0. The van der Waals surface area contributed by atoms with Crippen LogP contribution in [0.3, 0.4) is 0 Å². The number of unbranched alkanes of at least 4 members (excludes halogenated alkanes) is 12. The van der Waals surface area contributed by atoms with Crippen molar-refractivity contribution >= 4 is 11.8 Å². The maximum absolute atomic E-state index is 12.2. The second-order valence-corrected chi connectivity index (χ2v) is 7.71. The number of hydrogen-bond acceptors (Lipinski definition) is 4. The smallest absolute Gasteiger partial charge is 0.316 e. The number of carbonyl (C=O) groups is 2. The molecule has 0 saturated carbocycles. The molecule has 5 nitrogen and oxygen atoms in total. The van der Waals surface area contributed by atoms with E-state index in [-0.39, 0.29) is 18.8 Å². The minimum atomic E-state index is -1.26. The average molecular weight is 387 g/mol. The van der Waals surface area contributed by atoms with Gasteiger partial charge in [0.25, 0.3) is 0 Å². The zero-order valence-electron chi connectivity index (χ0n) is 17.3. The van der Waals surface area contributed by atoms with E-state index >= 15 is 0 Å². The van der Waals surface area contributed by atoms with Crippen molar-refractivity contribution in [1.82, 2.24) is 0 Å². The van der Waals surface area contributed by atoms with E-state index in [1.54, 1.807) is 0 Å². The molecule has 0 saturated heterocycles. The highest BCUT2D eigenvalue weighted by atomic mass is 16.4. The molecule has 3 N–H and O–H groups in total. The van der Waals surface area contributed by atoms with Crippen LogP contribution >= 0.6 is 0 Å². The van der Waals surface area contributed by atoms with Crippen LogP contribution in [0.4, 0.5) is 0 Å². The van der Waals surface area contributed by atoms with Crippen LogP contribution in [0.1, 0.15) is 110 Å². The van der Waals surface area contributed by atoms with Crippen molar-refractivity contribution in [3.63, 3.8) is 0 Å². The molecule has 0 rings (SSSR count). The van der Waals surface area contributed by atoms with Crippen LogP contribution in [-0.2, 0) is 9.59 Å². The molecule has 2 unspecified atom stereocenters. The van der Waals surface area contributed by atoms with Crippen molar-refractivity contribution in [2.75, 3.05) is 6.61 Å². The molecule has 0 radical (unpaired) electrons. The summed E-state index contributed by atoms with van der Waals surface area (Å²) in [6.07, 6.45) is 14.0. The summed E-state index contributed by atoms with van der Waals surface area (Å²) in [6, 6.07) is 0. The van der Waals surface area contributed by atoms with E-state index in [1.807, 2.05) is 0 Å². The minimum absolute atomic E-state index is 0.250. The molecule has 0 heterocycles. The quantitative estimate of drug-likeness (QED) is 0.205. The number of hydrogen-bond donors (Lipinski definition) is 3. The summed E-state index contributed by atoms with van der Waals surface area (Å²) < 4.78 is 0. The molecule has 2 atom stereocenters. The third-order valence-electron chi connectivity index (χ3n) is 5.18. The summed E-state index contributed by atoms with van der Waals surface area (Å²) in [6.45, 7) is 2.41. The third-order valence-corrected chi connectivity index (χ3v) is 5.18. The molecule has 0 aromatic heterocycles. The van der Waals surface area contributed by atoms with Crippen molar-refractivity contribution in [2.45, 2.75) is 116 Å². The highest BCUT2D eigenvalue weighted by Gasteiger charge is 2.32. The van der Waals surface area contributed by atoms with Gasteiger partial charge in [-0.15, -0.1) is 0 Å². The van der Waals surface area contributed by atoms with Gasteiger partial charge in [-0.05, 0) is 19.3 Å². The zero-order chi connectivity index (χ0) is 20.3. The summed E-state index contributed by atoms with van der Waals surface area (Å²) in [5.41, 5.74) is 0. The van der Waals surface area contributed by atoms with Gasteiger partial charge in [0.05, 0.1) is 6.10 Å². The van der Waals surface area contributed by atoms with Gasteiger partial charge in [0.1, 0.15) is 11.7 Å². The molecule has 0 fully saturated rings. The molecule has 27 heavy (non-hydrogen) atoms. The van der Waals surface area contributed by atoms with Gasteiger partial charge in [-0.25, -0.2) is 0 Å². The fraction of sp³-hybridized carbons (Fsp3) is 0.909. The van der Waals surface area contributed by atoms with Crippen LogP contribution < -0.4 is 0 Å². The van der Waals surface area contributed by atoms with Crippen molar-refractivity contribution in [3.05, 3.63) is 0 Å².